The van der Waals surface area contributed by atoms with Crippen LogP contribution in [0, 0.1) is 28.8 Å². The number of hydrogen-bond acceptors (Lipinski definition) is 1. The summed E-state index contributed by atoms with van der Waals surface area (Å²) in [5, 5.41) is 2.90. The smallest absolute Gasteiger partial charge is 0.152 e. The van der Waals surface area contributed by atoms with Crippen LogP contribution in [0.3, 0.4) is 0 Å². The molecule has 0 aromatic heterocycles. The van der Waals surface area contributed by atoms with Gasteiger partial charge in [0.2, 0.25) is 0 Å². The topological polar surface area (TPSA) is 12.0 Å². The van der Waals surface area contributed by atoms with Crippen molar-refractivity contribution in [3.63, 3.8) is 0 Å². The average molecular weight is 285 g/mol. The zero-order valence-electron chi connectivity index (χ0n) is 12.3. The van der Waals surface area contributed by atoms with Crippen LogP contribution in [-0.2, 0) is 0 Å². The summed E-state index contributed by atoms with van der Waals surface area (Å²) in [7, 11) is 0. The molecule has 0 bridgehead atoms. The molecule has 2 rings (SSSR count). The van der Waals surface area contributed by atoms with Crippen LogP contribution in [-0.4, -0.2) is 6.04 Å². The van der Waals surface area contributed by atoms with Crippen molar-refractivity contribution >= 4 is 5.69 Å². The third kappa shape index (κ3) is 3.47. The van der Waals surface area contributed by atoms with Crippen LogP contribution in [0.15, 0.2) is 12.1 Å². The molecule has 20 heavy (non-hydrogen) atoms. The molecule has 1 N–H and O–H groups in total. The Labute approximate surface area is 118 Å². The van der Waals surface area contributed by atoms with Crippen molar-refractivity contribution in [3.8, 4) is 0 Å². The lowest BCUT2D eigenvalue weighted by Crippen LogP contribution is -2.32. The van der Waals surface area contributed by atoms with E-state index in [-0.39, 0.29) is 17.1 Å². The van der Waals surface area contributed by atoms with Crippen molar-refractivity contribution < 1.29 is 13.2 Å². The number of hydrogen-bond donors (Lipinski definition) is 1. The zero-order chi connectivity index (χ0) is 14.9. The summed E-state index contributed by atoms with van der Waals surface area (Å²) < 4.78 is 40.0. The fraction of sp³-hybridized carbons (Fsp3) is 0.625. The molecule has 1 aromatic carbocycles. The standard InChI is InChI=1S/C16H22F3N/c1-16(2,3)10-4-6-12(7-5-10)20-15-13(18)8-11(17)9-14(15)19/h8-10,12,20H,4-7H2,1-3H3. The van der Waals surface area contributed by atoms with Gasteiger partial charge in [0.05, 0.1) is 0 Å². The van der Waals surface area contributed by atoms with Crippen molar-refractivity contribution in [2.75, 3.05) is 5.32 Å². The minimum absolute atomic E-state index is 0.0584. The Morgan fingerprint density at radius 1 is 0.950 bits per heavy atom. The van der Waals surface area contributed by atoms with Crippen molar-refractivity contribution in [1.82, 2.24) is 0 Å². The van der Waals surface area contributed by atoms with Crippen LogP contribution in [0.1, 0.15) is 46.5 Å². The van der Waals surface area contributed by atoms with E-state index in [1.165, 1.54) is 0 Å². The fourth-order valence-corrected chi connectivity index (χ4v) is 2.99. The molecular formula is C16H22F3N. The predicted molar refractivity (Wildman–Crippen MR) is 75.1 cm³/mol. The van der Waals surface area contributed by atoms with E-state index in [2.05, 4.69) is 26.1 Å². The lowest BCUT2D eigenvalue weighted by atomic mass is 9.71. The lowest BCUT2D eigenvalue weighted by molar-refractivity contribution is 0.173. The molecule has 4 heteroatoms. The van der Waals surface area contributed by atoms with Gasteiger partial charge in [0.15, 0.2) is 11.6 Å². The molecule has 1 nitrogen and oxygen atoms in total. The van der Waals surface area contributed by atoms with Crippen molar-refractivity contribution in [2.24, 2.45) is 11.3 Å². The van der Waals surface area contributed by atoms with E-state index in [1.807, 2.05) is 0 Å². The Balaban J connectivity index is 2.00. The van der Waals surface area contributed by atoms with Crippen molar-refractivity contribution in [1.29, 1.82) is 0 Å². The van der Waals surface area contributed by atoms with Gasteiger partial charge in [-0.15, -0.1) is 0 Å². The second-order valence-corrected chi connectivity index (χ2v) is 6.80. The van der Waals surface area contributed by atoms with Gasteiger partial charge >= 0.3 is 0 Å². The van der Waals surface area contributed by atoms with Crippen molar-refractivity contribution in [3.05, 3.63) is 29.6 Å². The van der Waals surface area contributed by atoms with Gasteiger partial charge in [0.1, 0.15) is 11.5 Å². The zero-order valence-corrected chi connectivity index (χ0v) is 12.3. The molecule has 0 atom stereocenters. The van der Waals surface area contributed by atoms with E-state index in [4.69, 9.17) is 0 Å². The number of benzene rings is 1. The van der Waals surface area contributed by atoms with Gasteiger partial charge in [-0.2, -0.15) is 0 Å². The third-order valence-electron chi connectivity index (χ3n) is 4.31. The summed E-state index contributed by atoms with van der Waals surface area (Å²) in [5.41, 5.74) is 0.0720. The second kappa shape index (κ2) is 5.66. The average Bonchev–Trinajstić information content (AvgIpc) is 2.33. The molecule has 1 fully saturated rings. The van der Waals surface area contributed by atoms with E-state index in [1.54, 1.807) is 0 Å². The first kappa shape index (κ1) is 15.2. The van der Waals surface area contributed by atoms with Crippen LogP contribution >= 0.6 is 0 Å². The van der Waals surface area contributed by atoms with Gasteiger partial charge in [-0.1, -0.05) is 20.8 Å². The van der Waals surface area contributed by atoms with E-state index in [0.29, 0.717) is 18.1 Å². The highest BCUT2D eigenvalue weighted by Gasteiger charge is 2.30. The normalized spacial score (nSPS) is 23.7. The molecule has 0 aliphatic heterocycles. The monoisotopic (exact) mass is 285 g/mol. The maximum absolute atomic E-state index is 13.6. The summed E-state index contributed by atoms with van der Waals surface area (Å²) in [6.07, 6.45) is 3.87. The Morgan fingerprint density at radius 2 is 1.45 bits per heavy atom. The number of rotatable bonds is 2. The van der Waals surface area contributed by atoms with E-state index >= 15 is 0 Å². The fourth-order valence-electron chi connectivity index (χ4n) is 2.99. The molecule has 0 radical (unpaired) electrons. The number of anilines is 1. The molecule has 0 spiro atoms. The highest BCUT2D eigenvalue weighted by atomic mass is 19.1. The van der Waals surface area contributed by atoms with Gasteiger partial charge < -0.3 is 5.32 Å². The summed E-state index contributed by atoms with van der Waals surface area (Å²) in [6.45, 7) is 6.68. The van der Waals surface area contributed by atoms with Crippen LogP contribution in [0.25, 0.3) is 0 Å². The Hall–Kier alpha value is -1.19. The highest BCUT2D eigenvalue weighted by Crippen LogP contribution is 2.38. The molecule has 112 valence electrons. The first-order valence-electron chi connectivity index (χ1n) is 7.18. The lowest BCUT2D eigenvalue weighted by Gasteiger charge is -2.37. The summed E-state index contributed by atoms with van der Waals surface area (Å²) in [6, 6.07) is 1.49. The second-order valence-electron chi connectivity index (χ2n) is 6.80. The minimum atomic E-state index is -0.887. The van der Waals surface area contributed by atoms with Crippen LogP contribution in [0.5, 0.6) is 0 Å². The molecule has 1 aliphatic rings. The molecule has 0 saturated heterocycles. The molecule has 0 heterocycles. The van der Waals surface area contributed by atoms with Crippen LogP contribution in [0.4, 0.5) is 18.9 Å². The summed E-state index contributed by atoms with van der Waals surface area (Å²) in [5.74, 6) is -1.97. The van der Waals surface area contributed by atoms with Gasteiger partial charge in [0, 0.05) is 18.2 Å². The van der Waals surface area contributed by atoms with Gasteiger partial charge in [-0.3, -0.25) is 0 Å². The minimum Gasteiger partial charge on any atom is -0.378 e. The molecule has 1 aliphatic carbocycles. The van der Waals surface area contributed by atoms with E-state index < -0.39 is 17.5 Å². The van der Waals surface area contributed by atoms with E-state index in [9.17, 15) is 13.2 Å². The highest BCUT2D eigenvalue weighted by molar-refractivity contribution is 5.47. The largest absolute Gasteiger partial charge is 0.378 e. The SMILES string of the molecule is CC(C)(C)C1CCC(Nc2c(F)cc(F)cc2F)CC1. The molecular weight excluding hydrogens is 263 g/mol. The van der Waals surface area contributed by atoms with Crippen LogP contribution < -0.4 is 5.32 Å². The molecule has 1 aromatic rings. The van der Waals surface area contributed by atoms with Crippen LogP contribution in [0.2, 0.25) is 0 Å². The first-order valence-corrected chi connectivity index (χ1v) is 7.18. The summed E-state index contributed by atoms with van der Waals surface area (Å²) in [4.78, 5) is 0. The van der Waals surface area contributed by atoms with Gasteiger partial charge in [-0.05, 0) is 37.0 Å². The Bertz CT molecular complexity index is 448. The maximum atomic E-state index is 13.6. The summed E-state index contributed by atoms with van der Waals surface area (Å²) >= 11 is 0. The van der Waals surface area contributed by atoms with Gasteiger partial charge in [-0.25, -0.2) is 13.2 Å². The number of halogens is 3. The quantitative estimate of drug-likeness (QED) is 0.795. The molecule has 0 amide bonds. The maximum Gasteiger partial charge on any atom is 0.152 e. The van der Waals surface area contributed by atoms with Crippen molar-refractivity contribution in [2.45, 2.75) is 52.5 Å². The third-order valence-corrected chi connectivity index (χ3v) is 4.31. The number of nitrogens with one attached hydrogen (secondary N) is 1. The Kier molecular flexibility index (Phi) is 4.31. The molecule has 0 unspecified atom stereocenters. The van der Waals surface area contributed by atoms with E-state index in [0.717, 1.165) is 25.7 Å². The molecule has 1 saturated carbocycles. The van der Waals surface area contributed by atoms with Gasteiger partial charge in [0.25, 0.3) is 0 Å². The predicted octanol–water partition coefficient (Wildman–Crippen LogP) is 5.12. The first-order chi connectivity index (χ1) is 9.27. The Morgan fingerprint density at radius 3 is 1.90 bits per heavy atom.